The summed E-state index contributed by atoms with van der Waals surface area (Å²) in [6.45, 7) is 9.10. The van der Waals surface area contributed by atoms with Gasteiger partial charge in [0.2, 0.25) is 0 Å². The second-order valence-corrected chi connectivity index (χ2v) is 7.50. The maximum Gasteiger partial charge on any atom is 0.191 e. The van der Waals surface area contributed by atoms with Crippen LogP contribution in [0.3, 0.4) is 0 Å². The van der Waals surface area contributed by atoms with Gasteiger partial charge >= 0.3 is 0 Å². The number of hydrogen-bond donors (Lipinski definition) is 2. The molecule has 3 rings (SSSR count). The predicted octanol–water partition coefficient (Wildman–Crippen LogP) is 3.52. The van der Waals surface area contributed by atoms with Crippen LogP contribution in [0.15, 0.2) is 35.6 Å². The molecule has 1 aromatic carbocycles. The number of benzene rings is 1. The fourth-order valence-corrected chi connectivity index (χ4v) is 3.41. The van der Waals surface area contributed by atoms with E-state index in [2.05, 4.69) is 65.8 Å². The molecule has 1 aromatic heterocycles. The van der Waals surface area contributed by atoms with Crippen LogP contribution < -0.4 is 10.6 Å². The molecule has 1 aliphatic rings. The van der Waals surface area contributed by atoms with Gasteiger partial charge in [0, 0.05) is 25.6 Å². The molecule has 0 radical (unpaired) electrons. The van der Waals surface area contributed by atoms with Crippen molar-refractivity contribution >= 4 is 29.9 Å². The Balaban J connectivity index is 0.00000280. The molecule has 1 unspecified atom stereocenters. The number of nitrogens with zero attached hydrogens (tertiary/aromatic N) is 4. The second-order valence-electron chi connectivity index (χ2n) is 7.50. The number of aromatic nitrogens is 3. The predicted molar refractivity (Wildman–Crippen MR) is 126 cm³/mol. The van der Waals surface area contributed by atoms with E-state index in [-0.39, 0.29) is 24.0 Å². The quantitative estimate of drug-likeness (QED) is 0.267. The molecule has 1 aliphatic heterocycles. The maximum absolute atomic E-state index is 4.76. The Labute approximate surface area is 185 Å². The first-order valence-electron chi connectivity index (χ1n) is 10.2. The van der Waals surface area contributed by atoms with Crippen molar-refractivity contribution in [3.8, 4) is 0 Å². The fourth-order valence-electron chi connectivity index (χ4n) is 3.41. The second kappa shape index (κ2) is 11.4. The lowest BCUT2D eigenvalue weighted by atomic mass is 10.0. The lowest BCUT2D eigenvalue weighted by Crippen LogP contribution is -2.47. The number of aliphatic imine (C=N–C) groups is 1. The third kappa shape index (κ3) is 6.46. The summed E-state index contributed by atoms with van der Waals surface area (Å²) in [7, 11) is 0. The lowest BCUT2D eigenvalue weighted by molar-refractivity contribution is 0.392. The van der Waals surface area contributed by atoms with Gasteiger partial charge in [-0.3, -0.25) is 4.99 Å². The molecule has 154 valence electrons. The molecule has 0 amide bonds. The van der Waals surface area contributed by atoms with E-state index in [1.54, 1.807) is 6.33 Å². The Morgan fingerprint density at radius 1 is 1.29 bits per heavy atom. The van der Waals surface area contributed by atoms with Crippen molar-refractivity contribution in [3.63, 3.8) is 0 Å². The van der Waals surface area contributed by atoms with Crippen molar-refractivity contribution in [2.45, 2.75) is 65.0 Å². The van der Waals surface area contributed by atoms with Crippen LogP contribution in [0, 0.1) is 0 Å². The van der Waals surface area contributed by atoms with E-state index in [0.29, 0.717) is 12.0 Å². The first-order valence-corrected chi connectivity index (χ1v) is 10.2. The van der Waals surface area contributed by atoms with Gasteiger partial charge < -0.3 is 10.6 Å². The minimum atomic E-state index is 0. The molecule has 2 heterocycles. The smallest absolute Gasteiger partial charge is 0.191 e. The topological polar surface area (TPSA) is 67.1 Å². The van der Waals surface area contributed by atoms with Crippen LogP contribution in [0.4, 0.5) is 0 Å². The van der Waals surface area contributed by atoms with E-state index >= 15 is 0 Å². The van der Waals surface area contributed by atoms with E-state index in [1.165, 1.54) is 11.1 Å². The number of halogens is 1. The zero-order chi connectivity index (χ0) is 19.1. The van der Waals surface area contributed by atoms with Crippen molar-refractivity contribution < 1.29 is 0 Å². The molecule has 2 aromatic rings. The number of fused-ring (bicyclic) bond motifs is 1. The van der Waals surface area contributed by atoms with E-state index in [1.807, 2.05) is 4.68 Å². The van der Waals surface area contributed by atoms with Crippen LogP contribution in [-0.2, 0) is 19.4 Å². The van der Waals surface area contributed by atoms with Gasteiger partial charge in [-0.1, -0.05) is 38.1 Å². The Morgan fingerprint density at radius 2 is 2.07 bits per heavy atom. The van der Waals surface area contributed by atoms with Gasteiger partial charge in [0.1, 0.15) is 12.2 Å². The van der Waals surface area contributed by atoms with Crippen molar-refractivity contribution in [2.24, 2.45) is 4.99 Å². The molecular formula is C21H33IN6. The average Bonchev–Trinajstić information content (AvgIpc) is 3.13. The fraction of sp³-hybridized carbons (Fsp3) is 0.571. The van der Waals surface area contributed by atoms with Gasteiger partial charge in [0.15, 0.2) is 5.96 Å². The summed E-state index contributed by atoms with van der Waals surface area (Å²) in [5.74, 6) is 2.57. The van der Waals surface area contributed by atoms with E-state index in [9.17, 15) is 0 Å². The first kappa shape index (κ1) is 22.6. The molecule has 0 saturated heterocycles. The molecule has 1 atom stereocenters. The highest BCUT2D eigenvalue weighted by atomic mass is 127. The van der Waals surface area contributed by atoms with Crippen molar-refractivity contribution in [2.75, 3.05) is 13.1 Å². The lowest BCUT2D eigenvalue weighted by Gasteiger charge is -2.25. The SMILES string of the molecule is CCNC(=NCCCc1ccc(C(C)C)cc1)NC1CCc2ncnn2C1.I. The number of hydrogen-bond acceptors (Lipinski definition) is 3. The third-order valence-corrected chi connectivity index (χ3v) is 5.03. The van der Waals surface area contributed by atoms with Crippen LogP contribution in [0.1, 0.15) is 56.5 Å². The Bertz CT molecular complexity index is 738. The highest BCUT2D eigenvalue weighted by Gasteiger charge is 2.20. The average molecular weight is 496 g/mol. The van der Waals surface area contributed by atoms with Gasteiger partial charge in [-0.25, -0.2) is 9.67 Å². The number of rotatable bonds is 7. The van der Waals surface area contributed by atoms with Gasteiger partial charge in [0.05, 0.1) is 6.54 Å². The summed E-state index contributed by atoms with van der Waals surface area (Å²) in [5, 5.41) is 11.2. The molecule has 0 spiro atoms. The minimum Gasteiger partial charge on any atom is -0.357 e. The summed E-state index contributed by atoms with van der Waals surface area (Å²) >= 11 is 0. The zero-order valence-electron chi connectivity index (χ0n) is 17.2. The van der Waals surface area contributed by atoms with Gasteiger partial charge in [-0.2, -0.15) is 5.10 Å². The molecular weight excluding hydrogens is 463 g/mol. The van der Waals surface area contributed by atoms with E-state index in [4.69, 9.17) is 4.99 Å². The molecule has 0 aliphatic carbocycles. The molecule has 2 N–H and O–H groups in total. The van der Waals surface area contributed by atoms with Crippen LogP contribution in [0.2, 0.25) is 0 Å². The van der Waals surface area contributed by atoms with Crippen molar-refractivity contribution in [3.05, 3.63) is 47.5 Å². The van der Waals surface area contributed by atoms with E-state index < -0.39 is 0 Å². The summed E-state index contributed by atoms with van der Waals surface area (Å²) in [6, 6.07) is 9.34. The van der Waals surface area contributed by atoms with Crippen LogP contribution >= 0.6 is 24.0 Å². The highest BCUT2D eigenvalue weighted by Crippen LogP contribution is 2.15. The summed E-state index contributed by atoms with van der Waals surface area (Å²) in [6.07, 6.45) is 5.78. The first-order chi connectivity index (χ1) is 13.2. The molecule has 7 heteroatoms. The Hall–Kier alpha value is -1.64. The van der Waals surface area contributed by atoms with Crippen LogP contribution in [-0.4, -0.2) is 39.9 Å². The van der Waals surface area contributed by atoms with Gasteiger partial charge in [-0.15, -0.1) is 24.0 Å². The minimum absolute atomic E-state index is 0. The number of nitrogens with one attached hydrogen (secondary N) is 2. The van der Waals surface area contributed by atoms with Gasteiger partial charge in [-0.05, 0) is 43.2 Å². The Morgan fingerprint density at radius 3 is 2.79 bits per heavy atom. The summed E-state index contributed by atoms with van der Waals surface area (Å²) in [4.78, 5) is 9.05. The van der Waals surface area contributed by atoms with Gasteiger partial charge in [0.25, 0.3) is 0 Å². The molecule has 0 fully saturated rings. The highest BCUT2D eigenvalue weighted by molar-refractivity contribution is 14.0. The monoisotopic (exact) mass is 496 g/mol. The standard InChI is InChI=1S/C21H32N6.HI/c1-4-22-21(26-19-11-12-20-24-15-25-27(20)14-19)23-13-5-6-17-7-9-18(10-8-17)16(2)3;/h7-10,15-16,19H,4-6,11-14H2,1-3H3,(H2,22,23,26);1H. The molecule has 28 heavy (non-hydrogen) atoms. The van der Waals surface area contributed by atoms with Crippen molar-refractivity contribution in [1.29, 1.82) is 0 Å². The summed E-state index contributed by atoms with van der Waals surface area (Å²) < 4.78 is 1.99. The van der Waals surface area contributed by atoms with Crippen LogP contribution in [0.5, 0.6) is 0 Å². The van der Waals surface area contributed by atoms with E-state index in [0.717, 1.165) is 57.1 Å². The molecule has 6 nitrogen and oxygen atoms in total. The largest absolute Gasteiger partial charge is 0.357 e. The molecule has 0 bridgehead atoms. The Kier molecular flexibility index (Phi) is 9.21. The number of aryl methyl sites for hydroxylation is 2. The zero-order valence-corrected chi connectivity index (χ0v) is 19.5. The number of guanidine groups is 1. The van der Waals surface area contributed by atoms with Crippen LogP contribution in [0.25, 0.3) is 0 Å². The normalized spacial score (nSPS) is 16.4. The van der Waals surface area contributed by atoms with Crippen molar-refractivity contribution in [1.82, 2.24) is 25.4 Å². The maximum atomic E-state index is 4.76. The summed E-state index contributed by atoms with van der Waals surface area (Å²) in [5.41, 5.74) is 2.79. The molecule has 0 saturated carbocycles. The third-order valence-electron chi connectivity index (χ3n) is 5.03.